The molecule has 0 aliphatic rings. The van der Waals surface area contributed by atoms with Crippen molar-refractivity contribution in [2.24, 2.45) is 5.73 Å². The van der Waals surface area contributed by atoms with Crippen molar-refractivity contribution in [3.63, 3.8) is 0 Å². The maximum absolute atomic E-state index is 12.4. The molecule has 0 aliphatic carbocycles. The van der Waals surface area contributed by atoms with Gasteiger partial charge in [0.1, 0.15) is 5.75 Å². The van der Waals surface area contributed by atoms with Crippen LogP contribution in [0.2, 0.25) is 0 Å². The van der Waals surface area contributed by atoms with E-state index in [2.05, 4.69) is 4.74 Å². The van der Waals surface area contributed by atoms with Gasteiger partial charge in [0.25, 0.3) is 6.43 Å². The van der Waals surface area contributed by atoms with Crippen molar-refractivity contribution in [2.45, 2.75) is 12.8 Å². The molecule has 1 rings (SSSR count). The van der Waals surface area contributed by atoms with Gasteiger partial charge >= 0.3 is 6.36 Å². The number of hydrogen-bond donors (Lipinski definition) is 1. The van der Waals surface area contributed by atoms with E-state index in [0.717, 1.165) is 0 Å². The molecule has 0 saturated heterocycles. The van der Waals surface area contributed by atoms with Gasteiger partial charge in [-0.15, -0.1) is 13.2 Å². The van der Waals surface area contributed by atoms with Crippen LogP contribution in [-0.4, -0.2) is 12.3 Å². The zero-order valence-corrected chi connectivity index (χ0v) is 8.09. The van der Waals surface area contributed by atoms with Crippen LogP contribution in [0.5, 0.6) is 5.75 Å². The maximum Gasteiger partial charge on any atom is 0.573 e. The molecule has 1 amide bonds. The molecule has 0 bridgehead atoms. The molecule has 0 fully saturated rings. The smallest absolute Gasteiger partial charge is 0.406 e. The number of primary amides is 1. The van der Waals surface area contributed by atoms with Gasteiger partial charge in [-0.2, -0.15) is 0 Å². The zero-order chi connectivity index (χ0) is 13.2. The number of amides is 1. The lowest BCUT2D eigenvalue weighted by atomic mass is 10.1. The molecule has 0 heterocycles. The van der Waals surface area contributed by atoms with E-state index < -0.39 is 35.6 Å². The Morgan fingerprint density at radius 1 is 1.29 bits per heavy atom. The van der Waals surface area contributed by atoms with Gasteiger partial charge < -0.3 is 10.5 Å². The molecule has 0 saturated carbocycles. The highest BCUT2D eigenvalue weighted by Gasteiger charge is 2.31. The molecule has 94 valence electrons. The molecule has 0 atom stereocenters. The van der Waals surface area contributed by atoms with E-state index in [1.54, 1.807) is 0 Å². The summed E-state index contributed by atoms with van der Waals surface area (Å²) in [6, 6.07) is 1.87. The predicted octanol–water partition coefficient (Wildman–Crippen LogP) is 2.62. The summed E-state index contributed by atoms with van der Waals surface area (Å²) in [5.41, 5.74) is 3.33. The Morgan fingerprint density at radius 2 is 1.88 bits per heavy atom. The molecular formula is C9H6F5NO2. The first-order valence-electron chi connectivity index (χ1n) is 4.18. The van der Waals surface area contributed by atoms with Crippen LogP contribution >= 0.6 is 0 Å². The average molecular weight is 255 g/mol. The fraction of sp³-hybridized carbons (Fsp3) is 0.222. The summed E-state index contributed by atoms with van der Waals surface area (Å²) in [6.07, 6.45) is -7.99. The number of benzene rings is 1. The number of carbonyl (C=O) groups is 1. The van der Waals surface area contributed by atoms with Crippen LogP contribution in [0, 0.1) is 0 Å². The topological polar surface area (TPSA) is 52.3 Å². The normalized spacial score (nSPS) is 11.6. The van der Waals surface area contributed by atoms with Gasteiger partial charge in [-0.25, -0.2) is 8.78 Å². The largest absolute Gasteiger partial charge is 0.573 e. The number of nitrogens with two attached hydrogens (primary N) is 1. The summed E-state index contributed by atoms with van der Waals surface area (Å²) >= 11 is 0. The SMILES string of the molecule is NC(=O)c1cc(OC(F)(F)F)ccc1C(F)F. The molecule has 0 radical (unpaired) electrons. The summed E-state index contributed by atoms with van der Waals surface area (Å²) < 4.78 is 63.8. The highest BCUT2D eigenvalue weighted by molar-refractivity contribution is 5.94. The Hall–Kier alpha value is -1.86. The Balaban J connectivity index is 3.15. The van der Waals surface area contributed by atoms with Gasteiger partial charge in [0.2, 0.25) is 5.91 Å². The third kappa shape index (κ3) is 3.58. The number of alkyl halides is 5. The number of rotatable bonds is 3. The molecule has 0 aromatic heterocycles. The molecule has 1 aromatic rings. The second-order valence-corrected chi connectivity index (χ2v) is 2.96. The van der Waals surface area contributed by atoms with E-state index in [4.69, 9.17) is 5.73 Å². The number of carbonyl (C=O) groups excluding carboxylic acids is 1. The second kappa shape index (κ2) is 4.56. The second-order valence-electron chi connectivity index (χ2n) is 2.96. The monoisotopic (exact) mass is 255 g/mol. The van der Waals surface area contributed by atoms with Gasteiger partial charge in [0.05, 0.1) is 5.56 Å². The molecular weight excluding hydrogens is 249 g/mol. The van der Waals surface area contributed by atoms with E-state index in [9.17, 15) is 26.7 Å². The zero-order valence-electron chi connectivity index (χ0n) is 8.09. The van der Waals surface area contributed by atoms with Crippen LogP contribution in [0.3, 0.4) is 0 Å². The van der Waals surface area contributed by atoms with Crippen LogP contribution in [0.1, 0.15) is 22.3 Å². The molecule has 1 aromatic carbocycles. The van der Waals surface area contributed by atoms with Crippen LogP contribution in [0.15, 0.2) is 18.2 Å². The lowest BCUT2D eigenvalue weighted by Gasteiger charge is -2.11. The lowest BCUT2D eigenvalue weighted by molar-refractivity contribution is -0.274. The third-order valence-corrected chi connectivity index (χ3v) is 1.76. The fourth-order valence-corrected chi connectivity index (χ4v) is 1.14. The van der Waals surface area contributed by atoms with Crippen molar-refractivity contribution >= 4 is 5.91 Å². The van der Waals surface area contributed by atoms with E-state index in [0.29, 0.717) is 18.2 Å². The molecule has 3 nitrogen and oxygen atoms in total. The highest BCUT2D eigenvalue weighted by atomic mass is 19.4. The van der Waals surface area contributed by atoms with Crippen molar-refractivity contribution in [3.8, 4) is 5.75 Å². The highest BCUT2D eigenvalue weighted by Crippen LogP contribution is 2.29. The maximum atomic E-state index is 12.4. The minimum Gasteiger partial charge on any atom is -0.406 e. The van der Waals surface area contributed by atoms with Gasteiger partial charge in [0.15, 0.2) is 0 Å². The van der Waals surface area contributed by atoms with Crippen molar-refractivity contribution in [1.29, 1.82) is 0 Å². The average Bonchev–Trinajstić information content (AvgIpc) is 2.14. The number of ether oxygens (including phenoxy) is 1. The molecule has 0 unspecified atom stereocenters. The summed E-state index contributed by atoms with van der Waals surface area (Å²) in [6.45, 7) is 0. The van der Waals surface area contributed by atoms with Gasteiger partial charge in [-0.3, -0.25) is 4.79 Å². The standard InChI is InChI=1S/C9H6F5NO2/c10-7(11)5-2-1-4(17-9(12,13)14)3-6(5)8(15)16/h1-3,7H,(H2,15,16). The predicted molar refractivity (Wildman–Crippen MR) is 46.6 cm³/mol. The van der Waals surface area contributed by atoms with Gasteiger partial charge in [-0.1, -0.05) is 0 Å². The van der Waals surface area contributed by atoms with Crippen LogP contribution in [0.25, 0.3) is 0 Å². The van der Waals surface area contributed by atoms with Gasteiger partial charge in [0, 0.05) is 5.56 Å². The van der Waals surface area contributed by atoms with Crippen LogP contribution in [0.4, 0.5) is 22.0 Å². The van der Waals surface area contributed by atoms with E-state index in [-0.39, 0.29) is 0 Å². The third-order valence-electron chi connectivity index (χ3n) is 1.76. The van der Waals surface area contributed by atoms with Crippen LogP contribution < -0.4 is 10.5 Å². The number of hydrogen-bond acceptors (Lipinski definition) is 2. The number of halogens is 5. The van der Waals surface area contributed by atoms with Crippen molar-refractivity contribution in [1.82, 2.24) is 0 Å². The van der Waals surface area contributed by atoms with E-state index >= 15 is 0 Å². The first kappa shape index (κ1) is 13.2. The van der Waals surface area contributed by atoms with Crippen molar-refractivity contribution < 1.29 is 31.5 Å². The molecule has 0 spiro atoms. The Labute approximate surface area is 92.0 Å². The fourth-order valence-electron chi connectivity index (χ4n) is 1.14. The Kier molecular flexibility index (Phi) is 3.54. The Bertz CT molecular complexity index is 430. The minimum absolute atomic E-state index is 0.525. The molecule has 8 heteroatoms. The lowest BCUT2D eigenvalue weighted by Crippen LogP contribution is -2.19. The molecule has 2 N–H and O–H groups in total. The van der Waals surface area contributed by atoms with E-state index in [1.807, 2.05) is 0 Å². The van der Waals surface area contributed by atoms with Crippen molar-refractivity contribution in [3.05, 3.63) is 29.3 Å². The summed E-state index contributed by atoms with van der Waals surface area (Å²) in [7, 11) is 0. The molecule has 0 aliphatic heterocycles. The Morgan fingerprint density at radius 3 is 2.29 bits per heavy atom. The van der Waals surface area contributed by atoms with Crippen LogP contribution in [-0.2, 0) is 0 Å². The molecule has 17 heavy (non-hydrogen) atoms. The van der Waals surface area contributed by atoms with Crippen molar-refractivity contribution in [2.75, 3.05) is 0 Å². The summed E-state index contributed by atoms with van der Waals surface area (Å²) in [5.74, 6) is -2.04. The quantitative estimate of drug-likeness (QED) is 0.844. The summed E-state index contributed by atoms with van der Waals surface area (Å²) in [5, 5.41) is 0. The first-order valence-corrected chi connectivity index (χ1v) is 4.18. The minimum atomic E-state index is -4.97. The first-order chi connectivity index (χ1) is 7.70. The van der Waals surface area contributed by atoms with Gasteiger partial charge in [-0.05, 0) is 18.2 Å². The summed E-state index contributed by atoms with van der Waals surface area (Å²) in [4.78, 5) is 10.8. The van der Waals surface area contributed by atoms with E-state index in [1.165, 1.54) is 0 Å².